The zero-order chi connectivity index (χ0) is 19.6. The van der Waals surface area contributed by atoms with Crippen LogP contribution in [0.15, 0.2) is 47.3 Å². The number of nitrogens with two attached hydrogens (primary N) is 1. The van der Waals surface area contributed by atoms with Crippen molar-refractivity contribution >= 4 is 23.3 Å². The number of allylic oxidation sites excluding steroid dienone is 3. The van der Waals surface area contributed by atoms with Crippen molar-refractivity contribution in [3.05, 3.63) is 69.8 Å². The van der Waals surface area contributed by atoms with Crippen LogP contribution < -0.4 is 11.1 Å². The summed E-state index contributed by atoms with van der Waals surface area (Å²) in [5, 5.41) is 8.09. The molecule has 1 amide bonds. The van der Waals surface area contributed by atoms with Crippen LogP contribution in [0, 0.1) is 5.82 Å². The van der Waals surface area contributed by atoms with Crippen LogP contribution in [0.4, 0.5) is 10.2 Å². The number of hydrogen-bond donors (Lipinski definition) is 2. The molecule has 0 bridgehead atoms. The van der Waals surface area contributed by atoms with E-state index >= 15 is 0 Å². The number of rotatable bonds is 3. The Labute approximate surface area is 162 Å². The van der Waals surface area contributed by atoms with Crippen molar-refractivity contribution in [2.75, 3.05) is 11.9 Å². The Morgan fingerprint density at radius 2 is 2.22 bits per heavy atom. The molecule has 1 aromatic carbocycles. The van der Waals surface area contributed by atoms with Crippen LogP contribution in [0.2, 0.25) is 0 Å². The zero-order valence-corrected chi connectivity index (χ0v) is 15.9. The fraction of sp³-hybridized carbons (Fsp3) is 0.263. The Kier molecular flexibility index (Phi) is 5.62. The summed E-state index contributed by atoms with van der Waals surface area (Å²) in [7, 11) is 1.82. The smallest absolute Gasteiger partial charge is 0.254 e. The van der Waals surface area contributed by atoms with Crippen molar-refractivity contribution in [3.8, 4) is 0 Å². The van der Waals surface area contributed by atoms with E-state index in [1.165, 1.54) is 6.07 Å². The molecule has 3 rings (SSSR count). The van der Waals surface area contributed by atoms with Gasteiger partial charge in [0.15, 0.2) is 0 Å². The van der Waals surface area contributed by atoms with Crippen molar-refractivity contribution in [2.24, 2.45) is 12.8 Å². The van der Waals surface area contributed by atoms with E-state index in [1.807, 2.05) is 14.0 Å². The molecule has 1 aromatic heterocycles. The largest absolute Gasteiger partial charge is 0.342 e. The van der Waals surface area contributed by atoms with Crippen molar-refractivity contribution < 1.29 is 9.18 Å². The number of anilines is 1. The maximum atomic E-state index is 14.1. The number of halogens is 2. The molecule has 0 atom stereocenters. The molecule has 8 heteroatoms. The molecule has 2 heterocycles. The first kappa shape index (κ1) is 19.1. The molecule has 142 valence electrons. The van der Waals surface area contributed by atoms with E-state index < -0.39 is 5.82 Å². The number of carbonyl (C=O) groups is 1. The number of hydrogen-bond acceptors (Lipinski definition) is 4. The fourth-order valence-electron chi connectivity index (χ4n) is 2.92. The van der Waals surface area contributed by atoms with Gasteiger partial charge in [0, 0.05) is 41.0 Å². The summed E-state index contributed by atoms with van der Waals surface area (Å²) in [5.41, 5.74) is 7.75. The number of amides is 1. The molecule has 6 nitrogen and oxygen atoms in total. The van der Waals surface area contributed by atoms with Gasteiger partial charge in [-0.05, 0) is 25.1 Å². The Morgan fingerprint density at radius 3 is 2.89 bits per heavy atom. The number of aryl methyl sites for hydroxylation is 1. The first-order chi connectivity index (χ1) is 12.9. The number of benzene rings is 1. The Bertz CT molecular complexity index is 934. The van der Waals surface area contributed by atoms with E-state index in [0.29, 0.717) is 23.7 Å². The first-order valence-corrected chi connectivity index (χ1v) is 8.88. The maximum Gasteiger partial charge on any atom is 0.254 e. The summed E-state index contributed by atoms with van der Waals surface area (Å²) in [5.74, 6) is 0.0337. The van der Waals surface area contributed by atoms with Crippen LogP contribution in [0.1, 0.15) is 28.4 Å². The lowest BCUT2D eigenvalue weighted by molar-refractivity contribution is 0.0760. The summed E-state index contributed by atoms with van der Waals surface area (Å²) in [6.45, 7) is 2.57. The third kappa shape index (κ3) is 4.04. The van der Waals surface area contributed by atoms with Crippen LogP contribution in [-0.4, -0.2) is 27.1 Å². The minimum absolute atomic E-state index is 0.0850. The van der Waals surface area contributed by atoms with E-state index in [2.05, 4.69) is 10.4 Å². The van der Waals surface area contributed by atoms with Gasteiger partial charge in [-0.2, -0.15) is 5.10 Å². The molecule has 3 N–H and O–H groups in total. The molecule has 1 aliphatic heterocycles. The van der Waals surface area contributed by atoms with Gasteiger partial charge < -0.3 is 16.0 Å². The van der Waals surface area contributed by atoms with Gasteiger partial charge in [0.2, 0.25) is 0 Å². The molecule has 27 heavy (non-hydrogen) atoms. The summed E-state index contributed by atoms with van der Waals surface area (Å²) in [4.78, 5) is 14.6. The number of aromatic nitrogens is 2. The number of nitrogens with one attached hydrogen (secondary N) is 1. The second-order valence-corrected chi connectivity index (χ2v) is 6.72. The normalized spacial score (nSPS) is 16.1. The van der Waals surface area contributed by atoms with Gasteiger partial charge in [-0.1, -0.05) is 23.7 Å². The van der Waals surface area contributed by atoms with Gasteiger partial charge in [-0.25, -0.2) is 4.39 Å². The molecule has 0 spiro atoms. The molecule has 0 fully saturated rings. The van der Waals surface area contributed by atoms with Crippen molar-refractivity contribution in [1.82, 2.24) is 14.7 Å². The number of nitrogens with zero attached hydrogens (tertiary/aromatic N) is 3. The Morgan fingerprint density at radius 1 is 1.44 bits per heavy atom. The summed E-state index contributed by atoms with van der Waals surface area (Å²) >= 11 is 6.15. The number of fused-ring (bicyclic) bond motifs is 1. The minimum atomic E-state index is -0.480. The third-order valence-corrected chi connectivity index (χ3v) is 4.74. The lowest BCUT2D eigenvalue weighted by Crippen LogP contribution is -2.32. The topological polar surface area (TPSA) is 76.2 Å². The zero-order valence-electron chi connectivity index (χ0n) is 15.2. The first-order valence-electron chi connectivity index (χ1n) is 8.51. The van der Waals surface area contributed by atoms with Gasteiger partial charge in [0.25, 0.3) is 5.91 Å². The second kappa shape index (κ2) is 7.94. The van der Waals surface area contributed by atoms with Gasteiger partial charge in [-0.3, -0.25) is 9.48 Å². The van der Waals surface area contributed by atoms with Crippen molar-refractivity contribution in [2.45, 2.75) is 20.0 Å². The number of carbonyl (C=O) groups excluding carboxylic acids is 1. The molecular weight excluding hydrogens is 369 g/mol. The van der Waals surface area contributed by atoms with Gasteiger partial charge in [0.1, 0.15) is 11.6 Å². The average Bonchev–Trinajstić information content (AvgIpc) is 2.89. The predicted octanol–water partition coefficient (Wildman–Crippen LogP) is 3.11. The standard InChI is InChI=1S/C19H21ClFN5O/c1-3-15(20)7-16-11-26(10-14-9-23-25(2)18(14)24-16)19(27)12-4-5-13(8-22)17(21)6-12/h3-7,9,24H,8,10-11,22H2,1-2H3/b15-3+,16-7+. The fourth-order valence-corrected chi connectivity index (χ4v) is 3.05. The Balaban J connectivity index is 1.97. The molecule has 0 saturated carbocycles. The highest BCUT2D eigenvalue weighted by molar-refractivity contribution is 6.31. The van der Waals surface area contributed by atoms with E-state index in [4.69, 9.17) is 17.3 Å². The molecule has 1 aliphatic rings. The van der Waals surface area contributed by atoms with E-state index in [-0.39, 0.29) is 18.0 Å². The Hall–Kier alpha value is -2.64. The van der Waals surface area contributed by atoms with Crippen LogP contribution in [-0.2, 0) is 20.1 Å². The molecule has 2 aromatic rings. The van der Waals surface area contributed by atoms with E-state index in [0.717, 1.165) is 17.1 Å². The molecule has 0 radical (unpaired) electrons. The molecular formula is C19H21ClFN5O. The van der Waals surface area contributed by atoms with Crippen molar-refractivity contribution in [3.63, 3.8) is 0 Å². The average molecular weight is 390 g/mol. The predicted molar refractivity (Wildman–Crippen MR) is 104 cm³/mol. The highest BCUT2D eigenvalue weighted by Gasteiger charge is 2.25. The lowest BCUT2D eigenvalue weighted by Gasteiger charge is -2.21. The SMILES string of the molecule is C/C=C(Cl)\C=C1/CN(C(=O)c2ccc(CN)c(F)c2)Cc2cnn(C)c2N1. The molecule has 0 aliphatic carbocycles. The van der Waals surface area contributed by atoms with Gasteiger partial charge in [0.05, 0.1) is 19.3 Å². The van der Waals surface area contributed by atoms with Crippen molar-refractivity contribution in [1.29, 1.82) is 0 Å². The molecule has 0 saturated heterocycles. The quantitative estimate of drug-likeness (QED) is 0.845. The summed E-state index contributed by atoms with van der Waals surface area (Å²) in [6.07, 6.45) is 5.24. The van der Waals surface area contributed by atoms with Crippen LogP contribution in [0.5, 0.6) is 0 Å². The summed E-state index contributed by atoms with van der Waals surface area (Å²) < 4.78 is 15.8. The van der Waals surface area contributed by atoms with Gasteiger partial charge >= 0.3 is 0 Å². The van der Waals surface area contributed by atoms with E-state index in [1.54, 1.807) is 40.1 Å². The third-order valence-electron chi connectivity index (χ3n) is 4.41. The highest BCUT2D eigenvalue weighted by Crippen LogP contribution is 2.25. The highest BCUT2D eigenvalue weighted by atomic mass is 35.5. The van der Waals surface area contributed by atoms with E-state index in [9.17, 15) is 9.18 Å². The second-order valence-electron chi connectivity index (χ2n) is 6.28. The lowest BCUT2D eigenvalue weighted by atomic mass is 10.1. The molecule has 0 unspecified atom stereocenters. The van der Waals surface area contributed by atoms with Crippen LogP contribution in [0.25, 0.3) is 0 Å². The monoisotopic (exact) mass is 389 g/mol. The maximum absolute atomic E-state index is 14.1. The van der Waals surface area contributed by atoms with Crippen LogP contribution >= 0.6 is 11.6 Å². The van der Waals surface area contributed by atoms with Crippen LogP contribution in [0.3, 0.4) is 0 Å². The minimum Gasteiger partial charge on any atom is -0.342 e. The summed E-state index contributed by atoms with van der Waals surface area (Å²) in [6, 6.07) is 4.37. The van der Waals surface area contributed by atoms with Gasteiger partial charge in [-0.15, -0.1) is 0 Å².